The molecule has 2 aromatic carbocycles. The molecule has 0 spiro atoms. The van der Waals surface area contributed by atoms with E-state index in [4.69, 9.17) is 0 Å². The van der Waals surface area contributed by atoms with E-state index in [9.17, 15) is 0 Å². The van der Waals surface area contributed by atoms with Crippen molar-refractivity contribution in [2.75, 3.05) is 6.16 Å². The SMILES string of the molecule is C(CP(c1ccccc1)c1ccccc1)=NCc1ccccn1. The van der Waals surface area contributed by atoms with Crippen LogP contribution in [0, 0.1) is 0 Å². The molecule has 0 saturated heterocycles. The molecule has 3 aromatic rings. The molecule has 0 fully saturated rings. The van der Waals surface area contributed by atoms with Crippen LogP contribution >= 0.6 is 7.92 Å². The van der Waals surface area contributed by atoms with Crippen molar-refractivity contribution < 1.29 is 0 Å². The summed E-state index contributed by atoms with van der Waals surface area (Å²) in [4.78, 5) is 8.86. The van der Waals surface area contributed by atoms with Crippen molar-refractivity contribution in [3.63, 3.8) is 0 Å². The maximum Gasteiger partial charge on any atom is 0.0807 e. The maximum atomic E-state index is 4.56. The summed E-state index contributed by atoms with van der Waals surface area (Å²) in [6.07, 6.45) is 4.82. The summed E-state index contributed by atoms with van der Waals surface area (Å²) < 4.78 is 0. The lowest BCUT2D eigenvalue weighted by Crippen LogP contribution is -2.14. The van der Waals surface area contributed by atoms with Gasteiger partial charge in [0.2, 0.25) is 0 Å². The van der Waals surface area contributed by atoms with Crippen molar-refractivity contribution in [2.24, 2.45) is 4.99 Å². The number of hydrogen-bond acceptors (Lipinski definition) is 2. The first-order valence-corrected chi connectivity index (χ1v) is 9.22. The Morgan fingerprint density at radius 1 is 0.783 bits per heavy atom. The minimum atomic E-state index is -0.401. The fourth-order valence-corrected chi connectivity index (χ4v) is 4.43. The van der Waals surface area contributed by atoms with Crippen LogP contribution in [-0.4, -0.2) is 17.4 Å². The Hall–Kier alpha value is -2.31. The Morgan fingerprint density at radius 3 is 1.96 bits per heavy atom. The van der Waals surface area contributed by atoms with Gasteiger partial charge in [-0.2, -0.15) is 0 Å². The highest BCUT2D eigenvalue weighted by Gasteiger charge is 2.11. The van der Waals surface area contributed by atoms with Crippen LogP contribution in [0.5, 0.6) is 0 Å². The maximum absolute atomic E-state index is 4.56. The second kappa shape index (κ2) is 8.36. The fraction of sp³-hybridized carbons (Fsp3) is 0.100. The molecular weight excluding hydrogens is 299 g/mol. The topological polar surface area (TPSA) is 25.2 Å². The second-order valence-corrected chi connectivity index (χ2v) is 7.38. The molecule has 0 radical (unpaired) electrons. The zero-order valence-electron chi connectivity index (χ0n) is 12.9. The highest BCUT2D eigenvalue weighted by Crippen LogP contribution is 2.32. The zero-order valence-corrected chi connectivity index (χ0v) is 13.8. The molecule has 2 nitrogen and oxygen atoms in total. The van der Waals surface area contributed by atoms with Crippen LogP contribution in [-0.2, 0) is 6.54 Å². The van der Waals surface area contributed by atoms with Gasteiger partial charge in [0.25, 0.3) is 0 Å². The van der Waals surface area contributed by atoms with Crippen LogP contribution < -0.4 is 10.6 Å². The van der Waals surface area contributed by atoms with Gasteiger partial charge in [0, 0.05) is 18.6 Å². The molecule has 1 aromatic heterocycles. The largest absolute Gasteiger partial charge is 0.291 e. The molecule has 0 N–H and O–H groups in total. The molecule has 0 atom stereocenters. The normalized spacial score (nSPS) is 11.2. The first-order valence-electron chi connectivity index (χ1n) is 7.69. The third kappa shape index (κ3) is 4.58. The van der Waals surface area contributed by atoms with Crippen LogP contribution in [0.4, 0.5) is 0 Å². The summed E-state index contributed by atoms with van der Waals surface area (Å²) in [5, 5.41) is 2.77. The molecule has 0 unspecified atom stereocenters. The Balaban J connectivity index is 1.72. The lowest BCUT2D eigenvalue weighted by molar-refractivity contribution is 0.995. The summed E-state index contributed by atoms with van der Waals surface area (Å²) in [5.41, 5.74) is 1.01. The molecule has 0 saturated carbocycles. The van der Waals surface area contributed by atoms with Crippen molar-refractivity contribution >= 4 is 24.7 Å². The number of aliphatic imine (C=N–C) groups is 1. The molecule has 0 aliphatic rings. The van der Waals surface area contributed by atoms with Crippen molar-refractivity contribution in [3.8, 4) is 0 Å². The number of pyridine rings is 1. The first kappa shape index (κ1) is 15.6. The standard InChI is InChI=1S/C20H19N2P/c1-3-10-19(11-4-1)23(20-12-5-2-6-13-20)16-15-21-17-18-9-7-8-14-22-18/h1-15H,16-17H2. The average molecular weight is 318 g/mol. The Kier molecular flexibility index (Phi) is 5.66. The van der Waals surface area contributed by atoms with E-state index in [1.54, 1.807) is 0 Å². The third-order valence-electron chi connectivity index (χ3n) is 3.51. The highest BCUT2D eigenvalue weighted by atomic mass is 31.1. The van der Waals surface area contributed by atoms with E-state index < -0.39 is 7.92 Å². The van der Waals surface area contributed by atoms with Gasteiger partial charge in [-0.25, -0.2) is 0 Å². The van der Waals surface area contributed by atoms with E-state index in [2.05, 4.69) is 76.9 Å². The van der Waals surface area contributed by atoms with Crippen molar-refractivity contribution in [1.29, 1.82) is 0 Å². The first-order chi connectivity index (χ1) is 11.4. The molecular formula is C20H19N2P. The van der Waals surface area contributed by atoms with Crippen LogP contribution in [0.3, 0.4) is 0 Å². The molecule has 3 rings (SSSR count). The minimum Gasteiger partial charge on any atom is -0.291 e. The van der Waals surface area contributed by atoms with Gasteiger partial charge in [0.05, 0.1) is 12.2 Å². The number of rotatable bonds is 6. The fourth-order valence-electron chi connectivity index (χ4n) is 2.36. The monoisotopic (exact) mass is 318 g/mol. The molecule has 0 bridgehead atoms. The number of aromatic nitrogens is 1. The van der Waals surface area contributed by atoms with Gasteiger partial charge < -0.3 is 0 Å². The quantitative estimate of drug-likeness (QED) is 0.501. The smallest absolute Gasteiger partial charge is 0.0807 e. The van der Waals surface area contributed by atoms with Crippen molar-refractivity contribution in [3.05, 3.63) is 90.8 Å². The van der Waals surface area contributed by atoms with E-state index in [-0.39, 0.29) is 0 Å². The number of hydrogen-bond donors (Lipinski definition) is 0. The van der Waals surface area contributed by atoms with Gasteiger partial charge in [-0.05, 0) is 30.7 Å². The van der Waals surface area contributed by atoms with Gasteiger partial charge in [-0.15, -0.1) is 0 Å². The van der Waals surface area contributed by atoms with Crippen LogP contribution in [0.15, 0.2) is 90.1 Å². The van der Waals surface area contributed by atoms with Gasteiger partial charge in [0.15, 0.2) is 0 Å². The van der Waals surface area contributed by atoms with Crippen LogP contribution in [0.1, 0.15) is 5.69 Å². The second-order valence-electron chi connectivity index (χ2n) is 5.13. The van der Waals surface area contributed by atoms with Crippen LogP contribution in [0.2, 0.25) is 0 Å². The van der Waals surface area contributed by atoms with Gasteiger partial charge in [-0.1, -0.05) is 66.7 Å². The Morgan fingerprint density at radius 2 is 1.39 bits per heavy atom. The summed E-state index contributed by atoms with van der Waals surface area (Å²) in [5.74, 6) is 0. The van der Waals surface area contributed by atoms with Gasteiger partial charge in [-0.3, -0.25) is 9.98 Å². The van der Waals surface area contributed by atoms with E-state index in [0.717, 1.165) is 11.9 Å². The molecule has 114 valence electrons. The molecule has 23 heavy (non-hydrogen) atoms. The average Bonchev–Trinajstić information content (AvgIpc) is 2.64. The summed E-state index contributed by atoms with van der Waals surface area (Å²) in [6.45, 7) is 0.646. The molecule has 3 heteroatoms. The van der Waals surface area contributed by atoms with E-state index in [1.165, 1.54) is 10.6 Å². The molecule has 1 heterocycles. The predicted octanol–water partition coefficient (Wildman–Crippen LogP) is 3.79. The zero-order chi connectivity index (χ0) is 15.7. The lowest BCUT2D eigenvalue weighted by atomic mass is 10.3. The van der Waals surface area contributed by atoms with E-state index in [0.29, 0.717) is 6.54 Å². The minimum absolute atomic E-state index is 0.401. The predicted molar refractivity (Wildman–Crippen MR) is 100 cm³/mol. The lowest BCUT2D eigenvalue weighted by Gasteiger charge is -2.16. The van der Waals surface area contributed by atoms with E-state index >= 15 is 0 Å². The highest BCUT2D eigenvalue weighted by molar-refractivity contribution is 7.73. The molecule has 0 aliphatic heterocycles. The Labute approximate surface area is 138 Å². The summed E-state index contributed by atoms with van der Waals surface area (Å²) in [7, 11) is -0.401. The number of benzene rings is 2. The third-order valence-corrected chi connectivity index (χ3v) is 5.88. The van der Waals surface area contributed by atoms with Crippen molar-refractivity contribution in [2.45, 2.75) is 6.54 Å². The van der Waals surface area contributed by atoms with Gasteiger partial charge >= 0.3 is 0 Å². The summed E-state index contributed by atoms with van der Waals surface area (Å²) in [6, 6.07) is 27.4. The van der Waals surface area contributed by atoms with Crippen LogP contribution in [0.25, 0.3) is 0 Å². The molecule has 0 aliphatic carbocycles. The summed E-state index contributed by atoms with van der Waals surface area (Å²) >= 11 is 0. The van der Waals surface area contributed by atoms with Gasteiger partial charge in [0.1, 0.15) is 0 Å². The Bertz CT molecular complexity index is 688. The van der Waals surface area contributed by atoms with E-state index in [1.807, 2.05) is 24.4 Å². The van der Waals surface area contributed by atoms with Crippen molar-refractivity contribution in [1.82, 2.24) is 4.98 Å². The number of nitrogens with zero attached hydrogens (tertiary/aromatic N) is 2. The molecule has 0 amide bonds.